The standard InChI is InChI=1S/C15H18N4O2/c1-10-12(7-4-8-16-10)18-15-11-5-2-3-6-13(11)17-9-14(15)19(20)21/h2-3,5-6,9-10,12,16H,4,7-8H2,1H3,(H,17,18). The highest BCUT2D eigenvalue weighted by Crippen LogP contribution is 2.33. The number of hydrogen-bond acceptors (Lipinski definition) is 5. The van der Waals surface area contributed by atoms with Crippen molar-refractivity contribution >= 4 is 22.3 Å². The number of aromatic nitrogens is 1. The quantitative estimate of drug-likeness (QED) is 0.670. The molecular weight excluding hydrogens is 268 g/mol. The van der Waals surface area contributed by atoms with Gasteiger partial charge in [-0.3, -0.25) is 10.1 Å². The third-order valence-corrected chi connectivity index (χ3v) is 4.04. The number of nitro groups is 1. The van der Waals surface area contributed by atoms with Gasteiger partial charge in [0.2, 0.25) is 0 Å². The van der Waals surface area contributed by atoms with E-state index in [4.69, 9.17) is 0 Å². The van der Waals surface area contributed by atoms with Crippen molar-refractivity contribution in [2.24, 2.45) is 0 Å². The summed E-state index contributed by atoms with van der Waals surface area (Å²) < 4.78 is 0. The van der Waals surface area contributed by atoms with Crippen LogP contribution in [0.15, 0.2) is 30.5 Å². The molecular formula is C15H18N4O2. The van der Waals surface area contributed by atoms with Crippen LogP contribution in [0.25, 0.3) is 10.9 Å². The molecule has 2 N–H and O–H groups in total. The first kappa shape index (κ1) is 13.8. The van der Waals surface area contributed by atoms with Gasteiger partial charge in [-0.25, -0.2) is 4.98 Å². The zero-order valence-corrected chi connectivity index (χ0v) is 11.9. The molecule has 110 valence electrons. The lowest BCUT2D eigenvalue weighted by molar-refractivity contribution is -0.384. The van der Waals surface area contributed by atoms with Gasteiger partial charge < -0.3 is 10.6 Å². The highest BCUT2D eigenvalue weighted by molar-refractivity contribution is 5.95. The maximum atomic E-state index is 11.3. The zero-order chi connectivity index (χ0) is 14.8. The fourth-order valence-corrected chi connectivity index (χ4v) is 2.85. The molecule has 21 heavy (non-hydrogen) atoms. The summed E-state index contributed by atoms with van der Waals surface area (Å²) in [4.78, 5) is 15.1. The normalized spacial score (nSPS) is 22.1. The molecule has 1 aromatic heterocycles. The lowest BCUT2D eigenvalue weighted by Crippen LogP contribution is -2.46. The third-order valence-electron chi connectivity index (χ3n) is 4.04. The Balaban J connectivity index is 2.05. The van der Waals surface area contributed by atoms with Gasteiger partial charge in [0.05, 0.1) is 10.4 Å². The van der Waals surface area contributed by atoms with Crippen LogP contribution in [-0.2, 0) is 0 Å². The summed E-state index contributed by atoms with van der Waals surface area (Å²) in [7, 11) is 0. The smallest absolute Gasteiger partial charge is 0.311 e. The zero-order valence-electron chi connectivity index (χ0n) is 11.9. The Labute approximate surface area is 122 Å². The van der Waals surface area contributed by atoms with Crippen molar-refractivity contribution in [1.29, 1.82) is 0 Å². The van der Waals surface area contributed by atoms with Crippen LogP contribution < -0.4 is 10.6 Å². The molecule has 6 nitrogen and oxygen atoms in total. The van der Waals surface area contributed by atoms with E-state index in [-0.39, 0.29) is 22.7 Å². The molecule has 1 aliphatic rings. The molecule has 0 radical (unpaired) electrons. The Hall–Kier alpha value is -2.21. The van der Waals surface area contributed by atoms with Gasteiger partial charge in [-0.1, -0.05) is 18.2 Å². The molecule has 1 aliphatic heterocycles. The van der Waals surface area contributed by atoms with E-state index >= 15 is 0 Å². The summed E-state index contributed by atoms with van der Waals surface area (Å²) in [5.74, 6) is 0. The second-order valence-electron chi connectivity index (χ2n) is 5.43. The molecule has 0 bridgehead atoms. The Morgan fingerprint density at radius 2 is 2.24 bits per heavy atom. The summed E-state index contributed by atoms with van der Waals surface area (Å²) in [6.45, 7) is 3.10. The van der Waals surface area contributed by atoms with E-state index in [0.29, 0.717) is 5.69 Å². The molecule has 0 aliphatic carbocycles. The van der Waals surface area contributed by atoms with Crippen molar-refractivity contribution in [2.45, 2.75) is 31.8 Å². The maximum Gasteiger partial charge on any atom is 0.311 e. The van der Waals surface area contributed by atoms with E-state index in [1.165, 1.54) is 6.20 Å². The van der Waals surface area contributed by atoms with Crippen LogP contribution in [0.4, 0.5) is 11.4 Å². The van der Waals surface area contributed by atoms with Crippen molar-refractivity contribution < 1.29 is 4.92 Å². The Kier molecular flexibility index (Phi) is 3.70. The van der Waals surface area contributed by atoms with Gasteiger partial charge >= 0.3 is 5.69 Å². The molecule has 2 unspecified atom stereocenters. The van der Waals surface area contributed by atoms with Gasteiger partial charge in [0.15, 0.2) is 0 Å². The average molecular weight is 286 g/mol. The molecule has 2 heterocycles. The number of hydrogen-bond donors (Lipinski definition) is 2. The summed E-state index contributed by atoms with van der Waals surface area (Å²) >= 11 is 0. The van der Waals surface area contributed by atoms with Gasteiger partial charge in [-0.15, -0.1) is 0 Å². The molecule has 0 saturated carbocycles. The van der Waals surface area contributed by atoms with Crippen molar-refractivity contribution in [1.82, 2.24) is 10.3 Å². The maximum absolute atomic E-state index is 11.3. The van der Waals surface area contributed by atoms with Crippen molar-refractivity contribution in [3.8, 4) is 0 Å². The van der Waals surface area contributed by atoms with Gasteiger partial charge in [-0.2, -0.15) is 0 Å². The second kappa shape index (κ2) is 5.65. The summed E-state index contributed by atoms with van der Waals surface area (Å²) in [6, 6.07) is 7.97. The molecule has 2 aromatic rings. The second-order valence-corrected chi connectivity index (χ2v) is 5.43. The van der Waals surface area contributed by atoms with Crippen LogP contribution in [0.3, 0.4) is 0 Å². The first-order valence-corrected chi connectivity index (χ1v) is 7.19. The number of fused-ring (bicyclic) bond motifs is 1. The number of para-hydroxylation sites is 1. The Morgan fingerprint density at radius 1 is 1.43 bits per heavy atom. The number of nitrogens with zero attached hydrogens (tertiary/aromatic N) is 2. The Morgan fingerprint density at radius 3 is 3.00 bits per heavy atom. The highest BCUT2D eigenvalue weighted by atomic mass is 16.6. The number of nitrogens with one attached hydrogen (secondary N) is 2. The molecule has 1 saturated heterocycles. The van der Waals surface area contributed by atoms with Crippen LogP contribution in [0, 0.1) is 10.1 Å². The summed E-state index contributed by atoms with van der Waals surface area (Å²) in [5.41, 5.74) is 1.37. The topological polar surface area (TPSA) is 80.1 Å². The van der Waals surface area contributed by atoms with E-state index in [2.05, 4.69) is 22.5 Å². The van der Waals surface area contributed by atoms with E-state index in [1.54, 1.807) is 0 Å². The summed E-state index contributed by atoms with van der Waals surface area (Å²) in [6.07, 6.45) is 3.41. The van der Waals surface area contributed by atoms with Crippen molar-refractivity contribution in [3.63, 3.8) is 0 Å². The molecule has 0 spiro atoms. The lowest BCUT2D eigenvalue weighted by Gasteiger charge is -2.31. The average Bonchev–Trinajstić information content (AvgIpc) is 2.49. The Bertz CT molecular complexity index is 674. The fourth-order valence-electron chi connectivity index (χ4n) is 2.85. The van der Waals surface area contributed by atoms with Crippen LogP contribution in [0.2, 0.25) is 0 Å². The monoisotopic (exact) mass is 286 g/mol. The van der Waals surface area contributed by atoms with Crippen LogP contribution >= 0.6 is 0 Å². The minimum Gasteiger partial charge on any atom is -0.375 e. The number of pyridine rings is 1. The summed E-state index contributed by atoms with van der Waals surface area (Å²) in [5, 5.41) is 18.9. The van der Waals surface area contributed by atoms with Crippen molar-refractivity contribution in [2.75, 3.05) is 11.9 Å². The lowest BCUT2D eigenvalue weighted by atomic mass is 9.99. The predicted octanol–water partition coefficient (Wildman–Crippen LogP) is 2.70. The number of anilines is 1. The minimum absolute atomic E-state index is 0.0338. The minimum atomic E-state index is -0.372. The first-order valence-electron chi connectivity index (χ1n) is 7.19. The van der Waals surface area contributed by atoms with Crippen LogP contribution in [0.1, 0.15) is 19.8 Å². The number of rotatable bonds is 3. The SMILES string of the molecule is CC1NCCCC1Nc1c([N+](=O)[O-])cnc2ccccc12. The molecule has 6 heteroatoms. The number of piperidine rings is 1. The van der Waals surface area contributed by atoms with Gasteiger partial charge in [-0.05, 0) is 32.4 Å². The van der Waals surface area contributed by atoms with Gasteiger partial charge in [0.25, 0.3) is 0 Å². The highest BCUT2D eigenvalue weighted by Gasteiger charge is 2.25. The van der Waals surface area contributed by atoms with Gasteiger partial charge in [0.1, 0.15) is 11.9 Å². The van der Waals surface area contributed by atoms with E-state index in [0.717, 1.165) is 30.3 Å². The van der Waals surface area contributed by atoms with E-state index in [1.807, 2.05) is 24.3 Å². The molecule has 2 atom stereocenters. The first-order chi connectivity index (χ1) is 10.2. The number of benzene rings is 1. The molecule has 3 rings (SSSR count). The molecule has 1 aromatic carbocycles. The van der Waals surface area contributed by atoms with E-state index < -0.39 is 0 Å². The van der Waals surface area contributed by atoms with Crippen LogP contribution in [0.5, 0.6) is 0 Å². The molecule has 0 amide bonds. The van der Waals surface area contributed by atoms with E-state index in [9.17, 15) is 10.1 Å². The van der Waals surface area contributed by atoms with Gasteiger partial charge in [0, 0.05) is 17.5 Å². The largest absolute Gasteiger partial charge is 0.375 e. The predicted molar refractivity (Wildman–Crippen MR) is 82.5 cm³/mol. The third kappa shape index (κ3) is 2.67. The van der Waals surface area contributed by atoms with Crippen molar-refractivity contribution in [3.05, 3.63) is 40.6 Å². The van der Waals surface area contributed by atoms with Crippen LogP contribution in [-0.4, -0.2) is 28.5 Å². The molecule has 1 fully saturated rings. The fraction of sp³-hybridized carbons (Fsp3) is 0.400.